The van der Waals surface area contributed by atoms with Gasteiger partial charge >= 0.3 is 0 Å². The summed E-state index contributed by atoms with van der Waals surface area (Å²) in [5.74, 6) is -0.235. The minimum atomic E-state index is -0.235. The van der Waals surface area contributed by atoms with Gasteiger partial charge in [-0.2, -0.15) is 0 Å². The maximum absolute atomic E-state index is 13.3. The largest absolute Gasteiger partial charge is 0.367 e. The number of rotatable bonds is 5. The number of nitrogens with zero attached hydrogens (tertiary/aromatic N) is 1. The lowest BCUT2D eigenvalue weighted by atomic mass is 10.1. The molecule has 0 aliphatic rings. The fourth-order valence-electron chi connectivity index (χ4n) is 2.39. The van der Waals surface area contributed by atoms with Gasteiger partial charge in [0.15, 0.2) is 0 Å². The molecule has 0 amide bonds. The number of halogens is 1. The molecule has 2 rings (SSSR count). The van der Waals surface area contributed by atoms with Crippen molar-refractivity contribution in [1.82, 2.24) is 0 Å². The van der Waals surface area contributed by atoms with Crippen molar-refractivity contribution in [2.24, 2.45) is 5.73 Å². The summed E-state index contributed by atoms with van der Waals surface area (Å²) >= 11 is 0. The van der Waals surface area contributed by atoms with Gasteiger partial charge in [-0.25, -0.2) is 4.39 Å². The van der Waals surface area contributed by atoms with Gasteiger partial charge in [-0.15, -0.1) is 0 Å². The Morgan fingerprint density at radius 2 is 1.85 bits per heavy atom. The van der Waals surface area contributed by atoms with E-state index in [1.54, 1.807) is 0 Å². The molecule has 2 N–H and O–H groups in total. The number of hydrogen-bond acceptors (Lipinski definition) is 2. The van der Waals surface area contributed by atoms with E-state index in [0.29, 0.717) is 6.54 Å². The standard InChI is InChI=1S/C17H21FN2/c1-3-20(12-14-7-5-4-6-13(14)2)17-9-8-16(18)10-15(17)11-19/h4-10H,3,11-12,19H2,1-2H3. The Kier molecular flexibility index (Phi) is 4.74. The van der Waals surface area contributed by atoms with Crippen LogP contribution in [0.1, 0.15) is 23.6 Å². The summed E-state index contributed by atoms with van der Waals surface area (Å²) in [6.07, 6.45) is 0. The molecule has 0 saturated heterocycles. The van der Waals surface area contributed by atoms with Crippen molar-refractivity contribution in [1.29, 1.82) is 0 Å². The van der Waals surface area contributed by atoms with Crippen LogP contribution in [0.4, 0.5) is 10.1 Å². The highest BCUT2D eigenvalue weighted by molar-refractivity contribution is 5.54. The van der Waals surface area contributed by atoms with E-state index < -0.39 is 0 Å². The molecule has 0 aliphatic heterocycles. The van der Waals surface area contributed by atoms with Gasteiger partial charge in [0.2, 0.25) is 0 Å². The molecule has 106 valence electrons. The van der Waals surface area contributed by atoms with Crippen LogP contribution < -0.4 is 10.6 Å². The second kappa shape index (κ2) is 6.53. The molecule has 0 saturated carbocycles. The van der Waals surface area contributed by atoms with Crippen molar-refractivity contribution in [3.63, 3.8) is 0 Å². The molecule has 0 atom stereocenters. The molecule has 0 unspecified atom stereocenters. The first-order valence-corrected chi connectivity index (χ1v) is 6.93. The zero-order valence-electron chi connectivity index (χ0n) is 12.1. The van der Waals surface area contributed by atoms with Gasteiger partial charge in [-0.1, -0.05) is 24.3 Å². The van der Waals surface area contributed by atoms with Crippen LogP contribution in [-0.4, -0.2) is 6.54 Å². The SMILES string of the molecule is CCN(Cc1ccccc1C)c1ccc(F)cc1CN. The van der Waals surface area contributed by atoms with Gasteiger partial charge in [0.1, 0.15) is 5.82 Å². The lowest BCUT2D eigenvalue weighted by molar-refractivity contribution is 0.624. The first-order chi connectivity index (χ1) is 9.65. The van der Waals surface area contributed by atoms with E-state index in [0.717, 1.165) is 24.3 Å². The normalized spacial score (nSPS) is 10.6. The third-order valence-corrected chi connectivity index (χ3v) is 3.61. The summed E-state index contributed by atoms with van der Waals surface area (Å²) in [6, 6.07) is 13.2. The zero-order chi connectivity index (χ0) is 14.5. The Morgan fingerprint density at radius 1 is 1.10 bits per heavy atom. The van der Waals surface area contributed by atoms with Crippen molar-refractivity contribution in [2.45, 2.75) is 26.9 Å². The Labute approximate surface area is 120 Å². The number of benzene rings is 2. The van der Waals surface area contributed by atoms with E-state index in [2.05, 4.69) is 30.9 Å². The predicted molar refractivity (Wildman–Crippen MR) is 82.2 cm³/mol. The second-order valence-corrected chi connectivity index (χ2v) is 4.92. The molecule has 0 fully saturated rings. The highest BCUT2D eigenvalue weighted by Gasteiger charge is 2.11. The fourth-order valence-corrected chi connectivity index (χ4v) is 2.39. The van der Waals surface area contributed by atoms with Crippen LogP contribution in [0, 0.1) is 12.7 Å². The third-order valence-electron chi connectivity index (χ3n) is 3.61. The van der Waals surface area contributed by atoms with E-state index >= 15 is 0 Å². The van der Waals surface area contributed by atoms with E-state index in [9.17, 15) is 4.39 Å². The predicted octanol–water partition coefficient (Wildman–Crippen LogP) is 3.62. The second-order valence-electron chi connectivity index (χ2n) is 4.92. The van der Waals surface area contributed by atoms with Crippen LogP contribution in [0.15, 0.2) is 42.5 Å². The van der Waals surface area contributed by atoms with E-state index in [4.69, 9.17) is 5.73 Å². The van der Waals surface area contributed by atoms with E-state index in [1.807, 2.05) is 18.2 Å². The van der Waals surface area contributed by atoms with Crippen molar-refractivity contribution >= 4 is 5.69 Å². The van der Waals surface area contributed by atoms with Gasteiger partial charge in [-0.05, 0) is 48.7 Å². The zero-order valence-corrected chi connectivity index (χ0v) is 12.1. The summed E-state index contributed by atoms with van der Waals surface area (Å²) in [4.78, 5) is 2.23. The van der Waals surface area contributed by atoms with Gasteiger partial charge in [0.25, 0.3) is 0 Å². The lowest BCUT2D eigenvalue weighted by Crippen LogP contribution is -2.24. The van der Waals surface area contributed by atoms with Crippen molar-refractivity contribution < 1.29 is 4.39 Å². The number of aryl methyl sites for hydroxylation is 1. The Balaban J connectivity index is 2.31. The van der Waals surface area contributed by atoms with Gasteiger partial charge < -0.3 is 10.6 Å². The van der Waals surface area contributed by atoms with Crippen molar-refractivity contribution in [2.75, 3.05) is 11.4 Å². The molecule has 3 heteroatoms. The van der Waals surface area contributed by atoms with Crippen molar-refractivity contribution in [3.8, 4) is 0 Å². The first kappa shape index (κ1) is 14.5. The molecule has 2 aromatic carbocycles. The monoisotopic (exact) mass is 272 g/mol. The lowest BCUT2D eigenvalue weighted by Gasteiger charge is -2.26. The Morgan fingerprint density at radius 3 is 2.50 bits per heavy atom. The summed E-state index contributed by atoms with van der Waals surface area (Å²) in [7, 11) is 0. The highest BCUT2D eigenvalue weighted by Crippen LogP contribution is 2.24. The summed E-state index contributed by atoms with van der Waals surface area (Å²) in [5, 5.41) is 0. The fraction of sp³-hybridized carbons (Fsp3) is 0.294. The van der Waals surface area contributed by atoms with Crippen LogP contribution in [0.5, 0.6) is 0 Å². The maximum Gasteiger partial charge on any atom is 0.123 e. The van der Waals surface area contributed by atoms with Crippen LogP contribution in [0.2, 0.25) is 0 Å². The quantitative estimate of drug-likeness (QED) is 0.900. The topological polar surface area (TPSA) is 29.3 Å². The molecule has 0 aliphatic carbocycles. The molecule has 0 spiro atoms. The Bertz CT molecular complexity index is 581. The number of anilines is 1. The first-order valence-electron chi connectivity index (χ1n) is 6.93. The minimum absolute atomic E-state index is 0.235. The van der Waals surface area contributed by atoms with Gasteiger partial charge in [0.05, 0.1) is 0 Å². The third kappa shape index (κ3) is 3.17. The van der Waals surface area contributed by atoms with E-state index in [1.165, 1.54) is 23.3 Å². The summed E-state index contributed by atoms with van der Waals surface area (Å²) < 4.78 is 13.3. The van der Waals surface area contributed by atoms with Crippen LogP contribution in [0.25, 0.3) is 0 Å². The van der Waals surface area contributed by atoms with Gasteiger partial charge in [-0.3, -0.25) is 0 Å². The van der Waals surface area contributed by atoms with Crippen molar-refractivity contribution in [3.05, 3.63) is 65.0 Å². The molecule has 0 aromatic heterocycles. The molecular weight excluding hydrogens is 251 g/mol. The van der Waals surface area contributed by atoms with Gasteiger partial charge in [0, 0.05) is 25.3 Å². The molecule has 20 heavy (non-hydrogen) atoms. The minimum Gasteiger partial charge on any atom is -0.367 e. The van der Waals surface area contributed by atoms with Crippen LogP contribution in [-0.2, 0) is 13.1 Å². The average molecular weight is 272 g/mol. The molecule has 0 bridgehead atoms. The van der Waals surface area contributed by atoms with E-state index in [-0.39, 0.29) is 5.82 Å². The number of nitrogens with two attached hydrogens (primary N) is 1. The molecule has 0 heterocycles. The molecular formula is C17H21FN2. The van der Waals surface area contributed by atoms with Crippen LogP contribution >= 0.6 is 0 Å². The molecule has 0 radical (unpaired) electrons. The average Bonchev–Trinajstić information content (AvgIpc) is 2.46. The maximum atomic E-state index is 13.3. The summed E-state index contributed by atoms with van der Waals surface area (Å²) in [6.45, 7) is 6.21. The smallest absolute Gasteiger partial charge is 0.123 e. The Hall–Kier alpha value is -1.87. The summed E-state index contributed by atoms with van der Waals surface area (Å²) in [5.41, 5.74) is 10.1. The van der Waals surface area contributed by atoms with Crippen LogP contribution in [0.3, 0.4) is 0 Å². The highest BCUT2D eigenvalue weighted by atomic mass is 19.1. The number of hydrogen-bond donors (Lipinski definition) is 1. The molecule has 2 aromatic rings. The molecule has 2 nitrogen and oxygen atoms in total.